The van der Waals surface area contributed by atoms with Gasteiger partial charge in [-0.3, -0.25) is 9.59 Å². The van der Waals surface area contributed by atoms with E-state index in [9.17, 15) is 18.0 Å². The van der Waals surface area contributed by atoms with E-state index in [0.717, 1.165) is 12.0 Å². The topological polar surface area (TPSA) is 95.6 Å². The zero-order chi connectivity index (χ0) is 23.7. The van der Waals surface area contributed by atoms with Gasteiger partial charge < -0.3 is 10.6 Å². The molecule has 0 fully saturated rings. The van der Waals surface area contributed by atoms with Gasteiger partial charge in [0.25, 0.3) is 5.91 Å². The summed E-state index contributed by atoms with van der Waals surface area (Å²) in [6.07, 6.45) is 0.773. The Kier molecular flexibility index (Phi) is 9.41. The lowest BCUT2D eigenvalue weighted by molar-refractivity contribution is -0.121. The van der Waals surface area contributed by atoms with Gasteiger partial charge in [0.1, 0.15) is 0 Å². The van der Waals surface area contributed by atoms with Crippen molar-refractivity contribution in [1.82, 2.24) is 14.9 Å². The molecule has 0 heterocycles. The molecule has 0 spiro atoms. The minimum atomic E-state index is -3.67. The van der Waals surface area contributed by atoms with Crippen LogP contribution in [0.3, 0.4) is 0 Å². The van der Waals surface area contributed by atoms with Crippen LogP contribution in [-0.2, 0) is 14.8 Å². The smallest absolute Gasteiger partial charge is 0.251 e. The molecule has 2 rings (SSSR count). The second-order valence-corrected chi connectivity index (χ2v) is 9.90. The van der Waals surface area contributed by atoms with Crippen molar-refractivity contribution >= 4 is 21.8 Å². The highest BCUT2D eigenvalue weighted by Gasteiger charge is 2.23. The lowest BCUT2D eigenvalue weighted by atomic mass is 9.97. The molecular formula is C24H33N3O4S. The number of amides is 2. The predicted molar refractivity (Wildman–Crippen MR) is 126 cm³/mol. The summed E-state index contributed by atoms with van der Waals surface area (Å²) < 4.78 is 26.7. The van der Waals surface area contributed by atoms with E-state index in [1.54, 1.807) is 13.8 Å². The van der Waals surface area contributed by atoms with Crippen LogP contribution in [0.2, 0.25) is 0 Å². The first kappa shape index (κ1) is 25.5. The molecule has 32 heavy (non-hydrogen) atoms. The van der Waals surface area contributed by atoms with Crippen LogP contribution in [0.5, 0.6) is 0 Å². The summed E-state index contributed by atoms with van der Waals surface area (Å²) in [5.74, 6) is -0.428. The van der Waals surface area contributed by atoms with Gasteiger partial charge in [0, 0.05) is 18.7 Å². The van der Waals surface area contributed by atoms with Crippen LogP contribution < -0.4 is 10.6 Å². The molecule has 0 aromatic heterocycles. The lowest BCUT2D eigenvalue weighted by Gasteiger charge is -2.21. The summed E-state index contributed by atoms with van der Waals surface area (Å²) in [5, 5.41) is 5.57. The molecule has 0 aliphatic rings. The van der Waals surface area contributed by atoms with Gasteiger partial charge in [-0.15, -0.1) is 0 Å². The fourth-order valence-electron chi connectivity index (χ4n) is 3.45. The third-order valence-electron chi connectivity index (χ3n) is 5.09. The van der Waals surface area contributed by atoms with Gasteiger partial charge in [-0.25, -0.2) is 8.42 Å². The molecule has 2 aromatic rings. The lowest BCUT2D eigenvalue weighted by Crippen LogP contribution is -2.39. The van der Waals surface area contributed by atoms with Gasteiger partial charge in [0.15, 0.2) is 0 Å². The Bertz CT molecular complexity index is 1000. The summed E-state index contributed by atoms with van der Waals surface area (Å²) in [4.78, 5) is 25.1. The van der Waals surface area contributed by atoms with E-state index in [1.807, 2.05) is 30.3 Å². The highest BCUT2D eigenvalue weighted by Crippen LogP contribution is 2.21. The fraction of sp³-hybridized carbons (Fsp3) is 0.417. The van der Waals surface area contributed by atoms with Gasteiger partial charge in [-0.1, -0.05) is 64.1 Å². The Morgan fingerprint density at radius 3 is 2.22 bits per heavy atom. The summed E-state index contributed by atoms with van der Waals surface area (Å²) in [6, 6.07) is 15.4. The van der Waals surface area contributed by atoms with Gasteiger partial charge in [-0.2, -0.15) is 4.31 Å². The maximum absolute atomic E-state index is 12.7. The fourth-order valence-corrected chi connectivity index (χ4v) is 4.96. The monoisotopic (exact) mass is 459 g/mol. The average molecular weight is 460 g/mol. The predicted octanol–water partition coefficient (Wildman–Crippen LogP) is 3.35. The number of nitrogens with zero attached hydrogens (tertiary/aromatic N) is 1. The Labute approximate surface area is 191 Å². The number of hydrogen-bond acceptors (Lipinski definition) is 4. The molecule has 0 saturated heterocycles. The number of benzene rings is 2. The minimum Gasteiger partial charge on any atom is -0.348 e. The van der Waals surface area contributed by atoms with Crippen molar-refractivity contribution in [1.29, 1.82) is 0 Å². The summed E-state index contributed by atoms with van der Waals surface area (Å²) >= 11 is 0. The number of hydrogen-bond donors (Lipinski definition) is 2. The molecule has 1 unspecified atom stereocenters. The van der Waals surface area contributed by atoms with Gasteiger partial charge in [-0.05, 0) is 36.1 Å². The van der Waals surface area contributed by atoms with E-state index < -0.39 is 15.9 Å². The normalized spacial score (nSPS) is 12.6. The van der Waals surface area contributed by atoms with E-state index in [0.29, 0.717) is 19.0 Å². The van der Waals surface area contributed by atoms with E-state index >= 15 is 0 Å². The maximum Gasteiger partial charge on any atom is 0.251 e. The van der Waals surface area contributed by atoms with Crippen LogP contribution >= 0.6 is 0 Å². The van der Waals surface area contributed by atoms with Crippen LogP contribution in [0.15, 0.2) is 59.5 Å². The second kappa shape index (κ2) is 11.8. The van der Waals surface area contributed by atoms with Crippen LogP contribution in [0.1, 0.15) is 56.1 Å². The van der Waals surface area contributed by atoms with Crippen molar-refractivity contribution < 1.29 is 18.0 Å². The quantitative estimate of drug-likeness (QED) is 0.539. The number of nitrogens with one attached hydrogen (secondary N) is 2. The molecule has 0 aliphatic heterocycles. The highest BCUT2D eigenvalue weighted by molar-refractivity contribution is 7.89. The Balaban J connectivity index is 2.05. The molecule has 7 nitrogen and oxygen atoms in total. The number of carbonyl (C=O) groups is 2. The van der Waals surface area contributed by atoms with Crippen molar-refractivity contribution in [3.05, 3.63) is 65.7 Å². The zero-order valence-electron chi connectivity index (χ0n) is 19.2. The molecule has 1 atom stereocenters. The molecule has 174 valence electrons. The van der Waals surface area contributed by atoms with Crippen LogP contribution in [0, 0.1) is 5.92 Å². The maximum atomic E-state index is 12.7. The molecule has 2 N–H and O–H groups in total. The number of sulfonamides is 1. The third kappa shape index (κ3) is 6.90. The first-order valence-electron chi connectivity index (χ1n) is 10.9. The Hall–Kier alpha value is -2.71. The van der Waals surface area contributed by atoms with Crippen LogP contribution in [-0.4, -0.2) is 44.2 Å². The van der Waals surface area contributed by atoms with E-state index in [-0.39, 0.29) is 29.0 Å². The summed E-state index contributed by atoms with van der Waals surface area (Å²) in [6.45, 7) is 8.18. The third-order valence-corrected chi connectivity index (χ3v) is 7.14. The first-order valence-corrected chi connectivity index (χ1v) is 12.4. The van der Waals surface area contributed by atoms with Gasteiger partial charge >= 0.3 is 0 Å². The summed E-state index contributed by atoms with van der Waals surface area (Å²) in [5.41, 5.74) is 1.20. The Morgan fingerprint density at radius 2 is 1.62 bits per heavy atom. The Morgan fingerprint density at radius 1 is 0.969 bits per heavy atom. The van der Waals surface area contributed by atoms with Crippen molar-refractivity contribution in [3.8, 4) is 0 Å². The van der Waals surface area contributed by atoms with Crippen molar-refractivity contribution in [2.75, 3.05) is 19.6 Å². The van der Waals surface area contributed by atoms with Gasteiger partial charge in [0.05, 0.1) is 17.5 Å². The molecule has 8 heteroatoms. The number of rotatable bonds is 11. The molecule has 0 radical (unpaired) electrons. The van der Waals surface area contributed by atoms with E-state index in [4.69, 9.17) is 0 Å². The van der Waals surface area contributed by atoms with Crippen molar-refractivity contribution in [2.24, 2.45) is 5.92 Å². The highest BCUT2D eigenvalue weighted by atomic mass is 32.2. The molecule has 0 bridgehead atoms. The minimum absolute atomic E-state index is 0.0550. The molecule has 0 aliphatic carbocycles. The molecular weight excluding hydrogens is 426 g/mol. The largest absolute Gasteiger partial charge is 0.348 e. The van der Waals surface area contributed by atoms with Crippen LogP contribution in [0.4, 0.5) is 0 Å². The van der Waals surface area contributed by atoms with Crippen LogP contribution in [0.25, 0.3) is 0 Å². The van der Waals surface area contributed by atoms with Crippen molar-refractivity contribution in [3.63, 3.8) is 0 Å². The molecule has 2 amide bonds. The second-order valence-electron chi connectivity index (χ2n) is 7.96. The molecule has 2 aromatic carbocycles. The van der Waals surface area contributed by atoms with Crippen molar-refractivity contribution in [2.45, 2.75) is 45.1 Å². The average Bonchev–Trinajstić information content (AvgIpc) is 2.78. The van der Waals surface area contributed by atoms with E-state index in [1.165, 1.54) is 28.6 Å². The zero-order valence-corrected chi connectivity index (χ0v) is 20.0. The summed E-state index contributed by atoms with van der Waals surface area (Å²) in [7, 11) is -3.67. The van der Waals surface area contributed by atoms with E-state index in [2.05, 4.69) is 24.5 Å². The van der Waals surface area contributed by atoms with Gasteiger partial charge in [0.2, 0.25) is 15.9 Å². The molecule has 0 saturated carbocycles. The first-order chi connectivity index (χ1) is 15.2. The number of carbonyl (C=O) groups excluding carboxylic acids is 2. The standard InChI is InChI=1S/C24H33N3O4S/c1-5-27(6-2)32(30,31)21-14-10-13-20(16-21)24(29)25-17-23(28)26-22(15-18(3)4)19-11-8-7-9-12-19/h7-14,16,18,22H,5-6,15,17H2,1-4H3,(H,25,29)(H,26,28). The SMILES string of the molecule is CCN(CC)S(=O)(=O)c1cccc(C(=O)NCC(=O)NC(CC(C)C)c2ccccc2)c1.